The minimum atomic E-state index is -0.129. The van der Waals surface area contributed by atoms with Gasteiger partial charge in [0.25, 0.3) is 5.91 Å². The van der Waals surface area contributed by atoms with Gasteiger partial charge >= 0.3 is 0 Å². The standard InChI is InChI=1S/C14H18N2O/c1-11-7-5-6-10-13(11)15-16-14(17)12-8-3-2-4-9-12/h2-4,8-9,11H,5-7,10H2,1H3,(H,16,17)/b15-13-. The van der Waals surface area contributed by atoms with Crippen molar-refractivity contribution in [2.24, 2.45) is 11.0 Å². The van der Waals surface area contributed by atoms with E-state index >= 15 is 0 Å². The van der Waals surface area contributed by atoms with Gasteiger partial charge < -0.3 is 0 Å². The van der Waals surface area contributed by atoms with Crippen molar-refractivity contribution in [2.75, 3.05) is 0 Å². The molecular formula is C14H18N2O. The number of hydrazone groups is 1. The molecule has 1 aliphatic carbocycles. The Morgan fingerprint density at radius 1 is 1.29 bits per heavy atom. The van der Waals surface area contributed by atoms with E-state index < -0.39 is 0 Å². The molecule has 2 rings (SSSR count). The Bertz CT molecular complexity index is 411. The molecule has 1 fully saturated rings. The molecular weight excluding hydrogens is 212 g/mol. The molecule has 0 saturated heterocycles. The molecule has 3 nitrogen and oxygen atoms in total. The summed E-state index contributed by atoms with van der Waals surface area (Å²) >= 11 is 0. The minimum Gasteiger partial charge on any atom is -0.267 e. The SMILES string of the molecule is CC1CCCC/C1=N/NC(=O)c1ccccc1. The second-order valence-electron chi connectivity index (χ2n) is 4.56. The number of hydrogen-bond donors (Lipinski definition) is 1. The van der Waals surface area contributed by atoms with E-state index in [0.29, 0.717) is 11.5 Å². The van der Waals surface area contributed by atoms with Crippen molar-refractivity contribution in [1.82, 2.24) is 5.43 Å². The van der Waals surface area contributed by atoms with Crippen LogP contribution in [0.2, 0.25) is 0 Å². The molecule has 1 unspecified atom stereocenters. The van der Waals surface area contributed by atoms with Crippen LogP contribution in [0.25, 0.3) is 0 Å². The van der Waals surface area contributed by atoms with Crippen LogP contribution in [0.15, 0.2) is 35.4 Å². The van der Waals surface area contributed by atoms with E-state index in [2.05, 4.69) is 17.5 Å². The average molecular weight is 230 g/mol. The van der Waals surface area contributed by atoms with Gasteiger partial charge in [-0.05, 0) is 37.3 Å². The first-order chi connectivity index (χ1) is 8.27. The Kier molecular flexibility index (Phi) is 3.91. The molecule has 0 radical (unpaired) electrons. The lowest BCUT2D eigenvalue weighted by atomic mass is 9.89. The molecule has 1 amide bonds. The Balaban J connectivity index is 1.97. The van der Waals surface area contributed by atoms with Gasteiger partial charge in [-0.15, -0.1) is 0 Å². The third-order valence-corrected chi connectivity index (χ3v) is 3.23. The van der Waals surface area contributed by atoms with E-state index in [1.807, 2.05) is 18.2 Å². The van der Waals surface area contributed by atoms with Crippen molar-refractivity contribution >= 4 is 11.6 Å². The smallest absolute Gasteiger partial charge is 0.267 e. The fraction of sp³-hybridized carbons (Fsp3) is 0.429. The van der Waals surface area contributed by atoms with Crippen molar-refractivity contribution in [3.8, 4) is 0 Å². The maximum absolute atomic E-state index is 11.8. The fourth-order valence-corrected chi connectivity index (χ4v) is 2.11. The van der Waals surface area contributed by atoms with Crippen LogP contribution >= 0.6 is 0 Å². The van der Waals surface area contributed by atoms with Gasteiger partial charge in [-0.25, -0.2) is 5.43 Å². The van der Waals surface area contributed by atoms with Crippen LogP contribution in [0.1, 0.15) is 43.0 Å². The Hall–Kier alpha value is -1.64. The molecule has 17 heavy (non-hydrogen) atoms. The van der Waals surface area contributed by atoms with Gasteiger partial charge in [0.2, 0.25) is 0 Å². The molecule has 0 spiro atoms. The highest BCUT2D eigenvalue weighted by Gasteiger charge is 2.16. The zero-order valence-corrected chi connectivity index (χ0v) is 10.1. The van der Waals surface area contributed by atoms with Crippen molar-refractivity contribution < 1.29 is 4.79 Å². The van der Waals surface area contributed by atoms with Crippen LogP contribution < -0.4 is 5.43 Å². The topological polar surface area (TPSA) is 41.5 Å². The molecule has 0 heterocycles. The zero-order chi connectivity index (χ0) is 12.1. The molecule has 1 N–H and O–H groups in total. The van der Waals surface area contributed by atoms with Gasteiger partial charge in [-0.3, -0.25) is 4.79 Å². The lowest BCUT2D eigenvalue weighted by Crippen LogP contribution is -2.24. The van der Waals surface area contributed by atoms with Crippen LogP contribution in [-0.4, -0.2) is 11.6 Å². The quantitative estimate of drug-likeness (QED) is 0.780. The van der Waals surface area contributed by atoms with E-state index in [1.165, 1.54) is 19.3 Å². The predicted octanol–water partition coefficient (Wildman–Crippen LogP) is 2.98. The van der Waals surface area contributed by atoms with E-state index in [-0.39, 0.29) is 5.91 Å². The predicted molar refractivity (Wildman–Crippen MR) is 69.0 cm³/mol. The number of nitrogens with zero attached hydrogens (tertiary/aromatic N) is 1. The summed E-state index contributed by atoms with van der Waals surface area (Å²) in [6.45, 7) is 2.17. The molecule has 0 bridgehead atoms. The number of nitrogens with one attached hydrogen (secondary N) is 1. The molecule has 0 aliphatic heterocycles. The molecule has 1 aliphatic rings. The summed E-state index contributed by atoms with van der Waals surface area (Å²) < 4.78 is 0. The molecule has 1 atom stereocenters. The minimum absolute atomic E-state index is 0.129. The molecule has 0 aromatic heterocycles. The van der Waals surface area contributed by atoms with Crippen LogP contribution in [-0.2, 0) is 0 Å². The van der Waals surface area contributed by atoms with E-state index in [1.54, 1.807) is 12.1 Å². The van der Waals surface area contributed by atoms with Crippen LogP contribution in [0, 0.1) is 5.92 Å². The first kappa shape index (κ1) is 11.8. The third kappa shape index (κ3) is 3.16. The van der Waals surface area contributed by atoms with Crippen LogP contribution in [0.5, 0.6) is 0 Å². The maximum Gasteiger partial charge on any atom is 0.271 e. The number of carbonyl (C=O) groups is 1. The largest absolute Gasteiger partial charge is 0.271 e. The number of amides is 1. The van der Waals surface area contributed by atoms with Gasteiger partial charge in [-0.1, -0.05) is 31.5 Å². The summed E-state index contributed by atoms with van der Waals surface area (Å²) in [7, 11) is 0. The maximum atomic E-state index is 11.8. The number of hydrogen-bond acceptors (Lipinski definition) is 2. The normalized spacial score (nSPS) is 22.4. The molecule has 1 aromatic carbocycles. The number of rotatable bonds is 2. The lowest BCUT2D eigenvalue weighted by molar-refractivity contribution is 0.0954. The van der Waals surface area contributed by atoms with Gasteiger partial charge in [0.1, 0.15) is 0 Å². The highest BCUT2D eigenvalue weighted by atomic mass is 16.2. The van der Waals surface area contributed by atoms with E-state index in [4.69, 9.17) is 0 Å². The van der Waals surface area contributed by atoms with Gasteiger partial charge in [0.15, 0.2) is 0 Å². The Labute approximate surface area is 102 Å². The number of benzene rings is 1. The fourth-order valence-electron chi connectivity index (χ4n) is 2.11. The van der Waals surface area contributed by atoms with Gasteiger partial charge in [0.05, 0.1) is 0 Å². The highest BCUT2D eigenvalue weighted by Crippen LogP contribution is 2.20. The van der Waals surface area contributed by atoms with E-state index in [9.17, 15) is 4.79 Å². The van der Waals surface area contributed by atoms with Crippen molar-refractivity contribution in [3.05, 3.63) is 35.9 Å². The molecule has 90 valence electrons. The Morgan fingerprint density at radius 3 is 2.76 bits per heavy atom. The second kappa shape index (κ2) is 5.62. The summed E-state index contributed by atoms with van der Waals surface area (Å²) in [4.78, 5) is 11.8. The molecule has 1 aromatic rings. The average Bonchev–Trinajstić information content (AvgIpc) is 2.38. The van der Waals surface area contributed by atoms with Crippen LogP contribution in [0.4, 0.5) is 0 Å². The molecule has 3 heteroatoms. The lowest BCUT2D eigenvalue weighted by Gasteiger charge is -2.19. The summed E-state index contributed by atoms with van der Waals surface area (Å²) in [5.74, 6) is 0.371. The summed E-state index contributed by atoms with van der Waals surface area (Å²) in [5.41, 5.74) is 4.43. The van der Waals surface area contributed by atoms with Gasteiger partial charge in [-0.2, -0.15) is 5.10 Å². The first-order valence-electron chi connectivity index (χ1n) is 6.19. The Morgan fingerprint density at radius 2 is 2.06 bits per heavy atom. The number of carbonyl (C=O) groups excluding carboxylic acids is 1. The summed E-state index contributed by atoms with van der Waals surface area (Å²) in [6.07, 6.45) is 4.65. The third-order valence-electron chi connectivity index (χ3n) is 3.23. The summed E-state index contributed by atoms with van der Waals surface area (Å²) in [6, 6.07) is 9.18. The summed E-state index contributed by atoms with van der Waals surface area (Å²) in [5, 5.41) is 4.26. The van der Waals surface area contributed by atoms with Crippen molar-refractivity contribution in [1.29, 1.82) is 0 Å². The molecule has 1 saturated carbocycles. The van der Waals surface area contributed by atoms with Crippen molar-refractivity contribution in [3.63, 3.8) is 0 Å². The van der Waals surface area contributed by atoms with Crippen molar-refractivity contribution in [2.45, 2.75) is 32.6 Å². The monoisotopic (exact) mass is 230 g/mol. The second-order valence-corrected chi connectivity index (χ2v) is 4.56. The van der Waals surface area contributed by atoms with Crippen LogP contribution in [0.3, 0.4) is 0 Å². The van der Waals surface area contributed by atoms with Gasteiger partial charge in [0, 0.05) is 11.3 Å². The highest BCUT2D eigenvalue weighted by molar-refractivity contribution is 5.95. The first-order valence-corrected chi connectivity index (χ1v) is 6.19. The zero-order valence-electron chi connectivity index (χ0n) is 10.1. The van der Waals surface area contributed by atoms with E-state index in [0.717, 1.165) is 12.1 Å².